The lowest BCUT2D eigenvalue weighted by molar-refractivity contribution is 0.398. The molecule has 0 amide bonds. The number of aromatic amines is 1. The smallest absolute Gasteiger partial charge is 0.246 e. The van der Waals surface area contributed by atoms with E-state index >= 15 is 0 Å². The van der Waals surface area contributed by atoms with E-state index in [0.29, 0.717) is 12.2 Å². The minimum Gasteiger partial charge on any atom is -0.399 e. The molecular weight excluding hydrogens is 276 g/mol. The molecule has 0 bridgehead atoms. The van der Waals surface area contributed by atoms with Crippen molar-refractivity contribution in [3.63, 3.8) is 0 Å². The Labute approximate surface area is 117 Å². The molecule has 1 heterocycles. The summed E-state index contributed by atoms with van der Waals surface area (Å²) in [5.74, 6) is 0. The topological polar surface area (TPSA) is 92.1 Å². The zero-order valence-corrected chi connectivity index (χ0v) is 11.7. The number of benzene rings is 1. The molecule has 0 saturated heterocycles. The Bertz CT molecular complexity index is 676. The number of anilines is 1. The monoisotopic (exact) mass is 292 g/mol. The molecule has 1 aliphatic rings. The zero-order chi connectivity index (χ0) is 14.2. The lowest BCUT2D eigenvalue weighted by Crippen LogP contribution is -2.32. The summed E-state index contributed by atoms with van der Waals surface area (Å²) in [6.45, 7) is 0.360. The van der Waals surface area contributed by atoms with Crippen molar-refractivity contribution in [3.8, 4) is 0 Å². The van der Waals surface area contributed by atoms with Gasteiger partial charge in [0.2, 0.25) is 10.0 Å². The van der Waals surface area contributed by atoms with Crippen molar-refractivity contribution in [3.05, 3.63) is 42.2 Å². The fourth-order valence-corrected chi connectivity index (χ4v) is 3.67. The van der Waals surface area contributed by atoms with Crippen LogP contribution in [0.3, 0.4) is 0 Å². The van der Waals surface area contributed by atoms with Crippen molar-refractivity contribution in [1.29, 1.82) is 0 Å². The molecule has 1 aromatic carbocycles. The third kappa shape index (κ3) is 2.54. The number of hydrogen-bond acceptors (Lipinski definition) is 4. The Hall–Kier alpha value is -1.86. The minimum absolute atomic E-state index is 0.0902. The number of hydrogen-bond donors (Lipinski definition) is 2. The van der Waals surface area contributed by atoms with E-state index in [1.807, 2.05) is 12.1 Å². The van der Waals surface area contributed by atoms with E-state index in [1.165, 1.54) is 12.4 Å². The molecule has 0 radical (unpaired) electrons. The Balaban J connectivity index is 1.88. The summed E-state index contributed by atoms with van der Waals surface area (Å²) in [6, 6.07) is 7.37. The molecule has 6 nitrogen and oxygen atoms in total. The van der Waals surface area contributed by atoms with E-state index in [0.717, 1.165) is 18.4 Å². The Morgan fingerprint density at radius 1 is 1.30 bits per heavy atom. The number of H-pyrrole nitrogens is 1. The van der Waals surface area contributed by atoms with Gasteiger partial charge in [-0.25, -0.2) is 8.42 Å². The normalized spacial score (nSPS) is 15.7. The molecule has 1 aromatic heterocycles. The van der Waals surface area contributed by atoms with Crippen LogP contribution in [0.5, 0.6) is 0 Å². The first-order chi connectivity index (χ1) is 9.57. The van der Waals surface area contributed by atoms with Gasteiger partial charge in [-0.2, -0.15) is 9.40 Å². The second-order valence-electron chi connectivity index (χ2n) is 4.96. The number of rotatable bonds is 5. The highest BCUT2D eigenvalue weighted by molar-refractivity contribution is 7.89. The van der Waals surface area contributed by atoms with Gasteiger partial charge in [0.05, 0.1) is 6.20 Å². The maximum Gasteiger partial charge on any atom is 0.246 e. The molecule has 20 heavy (non-hydrogen) atoms. The highest BCUT2D eigenvalue weighted by atomic mass is 32.2. The molecule has 0 spiro atoms. The largest absolute Gasteiger partial charge is 0.399 e. The summed E-state index contributed by atoms with van der Waals surface area (Å²) in [4.78, 5) is 0.208. The molecule has 0 atom stereocenters. The second-order valence-corrected chi connectivity index (χ2v) is 6.85. The first-order valence-electron chi connectivity index (χ1n) is 6.42. The lowest BCUT2D eigenvalue weighted by atomic mass is 10.2. The third-order valence-corrected chi connectivity index (χ3v) is 5.22. The summed E-state index contributed by atoms with van der Waals surface area (Å²) in [5, 5.41) is 6.27. The van der Waals surface area contributed by atoms with Gasteiger partial charge in [-0.1, -0.05) is 12.1 Å². The summed E-state index contributed by atoms with van der Waals surface area (Å²) in [7, 11) is -3.49. The van der Waals surface area contributed by atoms with Crippen molar-refractivity contribution >= 4 is 15.7 Å². The van der Waals surface area contributed by atoms with Crippen molar-refractivity contribution in [2.24, 2.45) is 0 Å². The number of nitrogen functional groups attached to an aromatic ring is 1. The number of nitrogens with two attached hydrogens (primary N) is 1. The van der Waals surface area contributed by atoms with Crippen molar-refractivity contribution in [2.45, 2.75) is 30.3 Å². The predicted molar refractivity (Wildman–Crippen MR) is 75.2 cm³/mol. The van der Waals surface area contributed by atoms with Crippen LogP contribution < -0.4 is 5.73 Å². The summed E-state index contributed by atoms with van der Waals surface area (Å²) >= 11 is 0. The molecule has 3 rings (SSSR count). The van der Waals surface area contributed by atoms with Crippen LogP contribution in [-0.4, -0.2) is 29.0 Å². The van der Waals surface area contributed by atoms with Crippen LogP contribution >= 0.6 is 0 Å². The van der Waals surface area contributed by atoms with Gasteiger partial charge in [-0.3, -0.25) is 5.10 Å². The molecule has 3 N–H and O–H groups in total. The number of nitrogens with zero attached hydrogens (tertiary/aromatic N) is 2. The zero-order valence-electron chi connectivity index (χ0n) is 10.9. The van der Waals surface area contributed by atoms with E-state index in [1.54, 1.807) is 16.4 Å². The minimum atomic E-state index is -3.49. The van der Waals surface area contributed by atoms with Crippen molar-refractivity contribution in [1.82, 2.24) is 14.5 Å². The summed E-state index contributed by atoms with van der Waals surface area (Å²) in [5.41, 5.74) is 7.25. The van der Waals surface area contributed by atoms with E-state index in [-0.39, 0.29) is 10.9 Å². The van der Waals surface area contributed by atoms with Crippen LogP contribution in [0.25, 0.3) is 0 Å². The number of nitrogens with one attached hydrogen (secondary N) is 1. The van der Waals surface area contributed by atoms with E-state index in [4.69, 9.17) is 5.73 Å². The van der Waals surface area contributed by atoms with Gasteiger partial charge in [0, 0.05) is 24.5 Å². The summed E-state index contributed by atoms with van der Waals surface area (Å²) in [6.07, 6.45) is 4.57. The molecule has 2 aromatic rings. The Morgan fingerprint density at radius 2 is 2.00 bits per heavy atom. The molecule has 0 unspecified atom stereocenters. The SMILES string of the molecule is Nc1ccc(CN(C2CC2)S(=O)(=O)c2cn[nH]c2)cc1. The summed E-state index contributed by atoms with van der Waals surface area (Å²) < 4.78 is 26.7. The average molecular weight is 292 g/mol. The predicted octanol–water partition coefficient (Wildman–Crippen LogP) is 1.35. The highest BCUT2D eigenvalue weighted by Gasteiger charge is 2.38. The highest BCUT2D eigenvalue weighted by Crippen LogP contribution is 2.33. The van der Waals surface area contributed by atoms with Gasteiger partial charge in [0.1, 0.15) is 4.90 Å². The fraction of sp³-hybridized carbons (Fsp3) is 0.308. The maximum absolute atomic E-state index is 12.6. The molecule has 7 heteroatoms. The first kappa shape index (κ1) is 13.1. The molecule has 1 saturated carbocycles. The quantitative estimate of drug-likeness (QED) is 0.814. The molecule has 1 fully saturated rings. The van der Waals surface area contributed by atoms with Gasteiger partial charge in [0.25, 0.3) is 0 Å². The van der Waals surface area contributed by atoms with Crippen LogP contribution in [0, 0.1) is 0 Å². The molecule has 1 aliphatic carbocycles. The van der Waals surface area contributed by atoms with Crippen LogP contribution in [-0.2, 0) is 16.6 Å². The van der Waals surface area contributed by atoms with Gasteiger partial charge >= 0.3 is 0 Å². The van der Waals surface area contributed by atoms with Gasteiger partial charge in [-0.05, 0) is 30.5 Å². The van der Waals surface area contributed by atoms with Crippen molar-refractivity contribution in [2.75, 3.05) is 5.73 Å². The van der Waals surface area contributed by atoms with Crippen LogP contribution in [0.2, 0.25) is 0 Å². The van der Waals surface area contributed by atoms with E-state index in [9.17, 15) is 8.42 Å². The van der Waals surface area contributed by atoms with Crippen molar-refractivity contribution < 1.29 is 8.42 Å². The van der Waals surface area contributed by atoms with Crippen LogP contribution in [0.1, 0.15) is 18.4 Å². The lowest BCUT2D eigenvalue weighted by Gasteiger charge is -2.21. The van der Waals surface area contributed by atoms with Crippen LogP contribution in [0.15, 0.2) is 41.6 Å². The maximum atomic E-state index is 12.6. The molecular formula is C13H16N4O2S. The van der Waals surface area contributed by atoms with Gasteiger partial charge in [-0.15, -0.1) is 0 Å². The fourth-order valence-electron chi connectivity index (χ4n) is 2.09. The molecule has 0 aliphatic heterocycles. The number of aromatic nitrogens is 2. The third-order valence-electron chi connectivity index (χ3n) is 3.35. The Kier molecular flexibility index (Phi) is 3.23. The molecule has 106 valence electrons. The van der Waals surface area contributed by atoms with Crippen LogP contribution in [0.4, 0.5) is 5.69 Å². The number of sulfonamides is 1. The Morgan fingerprint density at radius 3 is 2.55 bits per heavy atom. The van der Waals surface area contributed by atoms with Gasteiger partial charge < -0.3 is 5.73 Å². The second kappa shape index (κ2) is 4.92. The average Bonchev–Trinajstić information content (AvgIpc) is 3.09. The van der Waals surface area contributed by atoms with E-state index in [2.05, 4.69) is 10.2 Å². The van der Waals surface area contributed by atoms with Gasteiger partial charge in [0.15, 0.2) is 0 Å². The van der Waals surface area contributed by atoms with E-state index < -0.39 is 10.0 Å². The first-order valence-corrected chi connectivity index (χ1v) is 7.86. The standard InChI is InChI=1S/C13H16N4O2S/c14-11-3-1-10(2-4-11)9-17(12-5-6-12)20(18,19)13-7-15-16-8-13/h1-4,7-8,12H,5-6,9,14H2,(H,15,16).